The van der Waals surface area contributed by atoms with Crippen LogP contribution in [0.25, 0.3) is 0 Å². The van der Waals surface area contributed by atoms with E-state index in [1.54, 1.807) is 24.3 Å². The number of hydrogen-bond donors (Lipinski definition) is 1. The summed E-state index contributed by atoms with van der Waals surface area (Å²) in [4.78, 5) is 14.0. The van der Waals surface area contributed by atoms with Gasteiger partial charge in [-0.05, 0) is 56.6 Å². The number of carbonyl (C=O) groups excluding carboxylic acids is 1. The van der Waals surface area contributed by atoms with E-state index < -0.39 is 0 Å². The van der Waals surface area contributed by atoms with Crippen LogP contribution in [0.3, 0.4) is 0 Å². The Morgan fingerprint density at radius 1 is 1.45 bits per heavy atom. The molecule has 1 aromatic rings. The lowest BCUT2D eigenvalue weighted by Gasteiger charge is -2.32. The first-order chi connectivity index (χ1) is 9.69. The predicted octanol–water partition coefficient (Wildman–Crippen LogP) is 2.18. The lowest BCUT2D eigenvalue weighted by molar-refractivity contribution is -0.135. The van der Waals surface area contributed by atoms with Crippen molar-refractivity contribution in [1.82, 2.24) is 10.2 Å². The van der Waals surface area contributed by atoms with Crippen molar-refractivity contribution in [2.75, 3.05) is 33.3 Å². The highest BCUT2D eigenvalue weighted by atomic mass is 35.5. The second-order valence-electron chi connectivity index (χ2n) is 5.15. The van der Waals surface area contributed by atoms with E-state index in [9.17, 15) is 4.79 Å². The second-order valence-corrected chi connectivity index (χ2v) is 5.58. The van der Waals surface area contributed by atoms with Crippen molar-refractivity contribution in [1.29, 1.82) is 0 Å². The van der Waals surface area contributed by atoms with Gasteiger partial charge in [-0.15, -0.1) is 0 Å². The first kappa shape index (κ1) is 15.1. The molecular formula is C15H21ClN2O2. The van der Waals surface area contributed by atoms with Crippen molar-refractivity contribution in [3.63, 3.8) is 0 Å². The number of likely N-dealkylation sites (tertiary alicyclic amines) is 1. The Hall–Kier alpha value is -1.26. The van der Waals surface area contributed by atoms with Gasteiger partial charge in [-0.1, -0.05) is 11.6 Å². The lowest BCUT2D eigenvalue weighted by atomic mass is 9.98. The highest BCUT2D eigenvalue weighted by Crippen LogP contribution is 2.17. The first-order valence-electron chi connectivity index (χ1n) is 7.00. The molecule has 110 valence electrons. The average molecular weight is 297 g/mol. The molecule has 0 aliphatic carbocycles. The van der Waals surface area contributed by atoms with E-state index in [1.165, 1.54) is 6.42 Å². The van der Waals surface area contributed by atoms with E-state index in [4.69, 9.17) is 16.3 Å². The standard InChI is InChI=1S/C15H21ClN2O2/c1-17-9-12-3-2-8-18(10-12)15(19)11-20-14-6-4-13(16)5-7-14/h4-7,12,17H,2-3,8-11H2,1H3. The molecular weight excluding hydrogens is 276 g/mol. The molecule has 2 rings (SSSR count). The minimum Gasteiger partial charge on any atom is -0.484 e. The molecule has 1 amide bonds. The zero-order valence-corrected chi connectivity index (χ0v) is 12.5. The molecule has 1 aliphatic heterocycles. The van der Waals surface area contributed by atoms with Gasteiger partial charge in [0, 0.05) is 18.1 Å². The molecule has 20 heavy (non-hydrogen) atoms. The van der Waals surface area contributed by atoms with Crippen LogP contribution in [0.5, 0.6) is 5.75 Å². The molecule has 1 N–H and O–H groups in total. The number of nitrogens with one attached hydrogen (secondary N) is 1. The molecule has 1 unspecified atom stereocenters. The highest BCUT2D eigenvalue weighted by Gasteiger charge is 2.23. The summed E-state index contributed by atoms with van der Waals surface area (Å²) in [6.07, 6.45) is 2.25. The summed E-state index contributed by atoms with van der Waals surface area (Å²) in [5, 5.41) is 3.84. The van der Waals surface area contributed by atoms with Gasteiger partial charge in [0.1, 0.15) is 5.75 Å². The Morgan fingerprint density at radius 3 is 2.90 bits per heavy atom. The summed E-state index contributed by atoms with van der Waals surface area (Å²) in [5.41, 5.74) is 0. The maximum atomic E-state index is 12.1. The minimum absolute atomic E-state index is 0.0563. The van der Waals surface area contributed by atoms with Gasteiger partial charge in [-0.25, -0.2) is 0 Å². The number of ether oxygens (including phenoxy) is 1. The normalized spacial score (nSPS) is 18.9. The monoisotopic (exact) mass is 296 g/mol. The lowest BCUT2D eigenvalue weighted by Crippen LogP contribution is -2.44. The number of piperidine rings is 1. The summed E-state index contributed by atoms with van der Waals surface area (Å²) < 4.78 is 5.51. The molecule has 0 spiro atoms. The zero-order valence-electron chi connectivity index (χ0n) is 11.8. The fourth-order valence-electron chi connectivity index (χ4n) is 2.51. The maximum Gasteiger partial charge on any atom is 0.260 e. The van der Waals surface area contributed by atoms with Crippen LogP contribution in [0.1, 0.15) is 12.8 Å². The third-order valence-electron chi connectivity index (χ3n) is 3.54. The van der Waals surface area contributed by atoms with Crippen LogP contribution in [0, 0.1) is 5.92 Å². The van der Waals surface area contributed by atoms with Crippen molar-refractivity contribution in [3.8, 4) is 5.75 Å². The molecule has 0 bridgehead atoms. The summed E-state index contributed by atoms with van der Waals surface area (Å²) >= 11 is 5.81. The molecule has 1 fully saturated rings. The first-order valence-corrected chi connectivity index (χ1v) is 7.37. The molecule has 5 heteroatoms. The molecule has 1 saturated heterocycles. The summed E-state index contributed by atoms with van der Waals surface area (Å²) in [6, 6.07) is 7.06. The molecule has 4 nitrogen and oxygen atoms in total. The van der Waals surface area contributed by atoms with Crippen molar-refractivity contribution < 1.29 is 9.53 Å². The Kier molecular flexibility index (Phi) is 5.68. The summed E-state index contributed by atoms with van der Waals surface area (Å²) in [7, 11) is 1.95. The van der Waals surface area contributed by atoms with Crippen molar-refractivity contribution >= 4 is 17.5 Å². The van der Waals surface area contributed by atoms with Crippen molar-refractivity contribution in [2.24, 2.45) is 5.92 Å². The fourth-order valence-corrected chi connectivity index (χ4v) is 2.64. The molecule has 1 aliphatic rings. The predicted molar refractivity (Wildman–Crippen MR) is 80.2 cm³/mol. The van der Waals surface area contributed by atoms with Crippen LogP contribution in [-0.2, 0) is 4.79 Å². The largest absolute Gasteiger partial charge is 0.484 e. The van der Waals surface area contributed by atoms with Gasteiger partial charge in [0.25, 0.3) is 5.91 Å². The van der Waals surface area contributed by atoms with Gasteiger partial charge in [0.2, 0.25) is 0 Å². The molecule has 1 aromatic carbocycles. The number of carbonyl (C=O) groups is 1. The molecule has 0 aromatic heterocycles. The van der Waals surface area contributed by atoms with E-state index >= 15 is 0 Å². The Labute approximate surface area is 125 Å². The van der Waals surface area contributed by atoms with Crippen LogP contribution >= 0.6 is 11.6 Å². The van der Waals surface area contributed by atoms with E-state index in [-0.39, 0.29) is 12.5 Å². The topological polar surface area (TPSA) is 41.6 Å². The average Bonchev–Trinajstić information content (AvgIpc) is 2.47. The quantitative estimate of drug-likeness (QED) is 0.905. The van der Waals surface area contributed by atoms with Gasteiger partial charge in [0.15, 0.2) is 6.61 Å². The van der Waals surface area contributed by atoms with Gasteiger partial charge in [-0.3, -0.25) is 4.79 Å². The Balaban J connectivity index is 1.80. The van der Waals surface area contributed by atoms with E-state index in [0.717, 1.165) is 26.1 Å². The Bertz CT molecular complexity index is 434. The van der Waals surface area contributed by atoms with Gasteiger partial charge in [0.05, 0.1) is 0 Å². The molecule has 1 heterocycles. The van der Waals surface area contributed by atoms with Gasteiger partial charge < -0.3 is 15.0 Å². The number of nitrogens with zero attached hydrogens (tertiary/aromatic N) is 1. The number of amides is 1. The van der Waals surface area contributed by atoms with Crippen LogP contribution in [0.2, 0.25) is 5.02 Å². The number of hydrogen-bond acceptors (Lipinski definition) is 3. The van der Waals surface area contributed by atoms with Crippen LogP contribution in [0.15, 0.2) is 24.3 Å². The van der Waals surface area contributed by atoms with E-state index in [0.29, 0.717) is 16.7 Å². The van der Waals surface area contributed by atoms with Gasteiger partial charge in [-0.2, -0.15) is 0 Å². The van der Waals surface area contributed by atoms with E-state index in [1.807, 2.05) is 11.9 Å². The molecule has 0 saturated carbocycles. The van der Waals surface area contributed by atoms with Crippen LogP contribution in [0.4, 0.5) is 0 Å². The fraction of sp³-hybridized carbons (Fsp3) is 0.533. The molecule has 1 atom stereocenters. The van der Waals surface area contributed by atoms with Crippen LogP contribution in [-0.4, -0.2) is 44.1 Å². The molecule has 0 radical (unpaired) electrons. The third kappa shape index (κ3) is 4.39. The maximum absolute atomic E-state index is 12.1. The summed E-state index contributed by atoms with van der Waals surface area (Å²) in [6.45, 7) is 2.71. The van der Waals surface area contributed by atoms with Crippen molar-refractivity contribution in [3.05, 3.63) is 29.3 Å². The SMILES string of the molecule is CNCC1CCCN(C(=O)COc2ccc(Cl)cc2)C1. The second kappa shape index (κ2) is 7.50. The van der Waals surface area contributed by atoms with Gasteiger partial charge >= 0.3 is 0 Å². The van der Waals surface area contributed by atoms with E-state index in [2.05, 4.69) is 5.32 Å². The number of benzene rings is 1. The van der Waals surface area contributed by atoms with Crippen LogP contribution < -0.4 is 10.1 Å². The summed E-state index contributed by atoms with van der Waals surface area (Å²) in [5.74, 6) is 1.28. The third-order valence-corrected chi connectivity index (χ3v) is 3.79. The minimum atomic E-state index is 0.0563. The number of rotatable bonds is 5. The highest BCUT2D eigenvalue weighted by molar-refractivity contribution is 6.30. The van der Waals surface area contributed by atoms with Crippen molar-refractivity contribution in [2.45, 2.75) is 12.8 Å². The Morgan fingerprint density at radius 2 is 2.20 bits per heavy atom. The zero-order chi connectivity index (χ0) is 14.4. The number of halogens is 1. The smallest absolute Gasteiger partial charge is 0.260 e.